The standard InChI is InChI=1S/C25H25N3O6S/c1-33-22-11-9-21(10-12-22)26-24(29)18-5-7-20(8-6-18)27-25(30)19-3-2-4-23(17-19)35(31,32)28-13-15-34-16-14-28/h2-12,17H,13-16H2,1H3,(H,26,29)(H,27,30). The molecule has 4 rings (SSSR count). The fraction of sp³-hybridized carbons (Fsp3) is 0.200. The van der Waals surface area contributed by atoms with Gasteiger partial charge in [0.25, 0.3) is 11.8 Å². The molecule has 182 valence electrons. The zero-order valence-electron chi connectivity index (χ0n) is 19.1. The number of amides is 2. The average Bonchev–Trinajstić information content (AvgIpc) is 2.90. The van der Waals surface area contributed by atoms with Crippen LogP contribution >= 0.6 is 0 Å². The lowest BCUT2D eigenvalue weighted by Gasteiger charge is -2.26. The molecule has 3 aromatic rings. The predicted molar refractivity (Wildman–Crippen MR) is 131 cm³/mol. The maximum absolute atomic E-state index is 12.9. The molecule has 0 unspecified atom stereocenters. The number of nitrogens with one attached hydrogen (secondary N) is 2. The Balaban J connectivity index is 1.41. The number of nitrogens with zero attached hydrogens (tertiary/aromatic N) is 1. The summed E-state index contributed by atoms with van der Waals surface area (Å²) in [5, 5.41) is 5.52. The van der Waals surface area contributed by atoms with Gasteiger partial charge in [-0.15, -0.1) is 0 Å². The minimum absolute atomic E-state index is 0.0533. The van der Waals surface area contributed by atoms with E-state index in [1.54, 1.807) is 61.7 Å². The second kappa shape index (κ2) is 10.7. The first-order valence-electron chi connectivity index (χ1n) is 10.9. The van der Waals surface area contributed by atoms with Gasteiger partial charge in [0.1, 0.15) is 5.75 Å². The fourth-order valence-corrected chi connectivity index (χ4v) is 4.97. The molecule has 1 fully saturated rings. The summed E-state index contributed by atoms with van der Waals surface area (Å²) in [4.78, 5) is 25.3. The van der Waals surface area contributed by atoms with Crippen LogP contribution in [-0.2, 0) is 14.8 Å². The van der Waals surface area contributed by atoms with Gasteiger partial charge in [-0.1, -0.05) is 6.07 Å². The molecule has 1 aliphatic rings. The summed E-state index contributed by atoms with van der Waals surface area (Å²) in [6.07, 6.45) is 0. The summed E-state index contributed by atoms with van der Waals surface area (Å²) in [5.74, 6) is -0.0687. The van der Waals surface area contributed by atoms with Crippen LogP contribution in [0.5, 0.6) is 5.75 Å². The van der Waals surface area contributed by atoms with Gasteiger partial charge >= 0.3 is 0 Å². The van der Waals surface area contributed by atoms with Gasteiger partial charge in [0, 0.05) is 35.6 Å². The molecule has 0 radical (unpaired) electrons. The first kappa shape index (κ1) is 24.4. The summed E-state index contributed by atoms with van der Waals surface area (Å²) in [6.45, 7) is 1.23. The van der Waals surface area contributed by atoms with E-state index >= 15 is 0 Å². The number of hydrogen-bond acceptors (Lipinski definition) is 6. The Labute approximate surface area is 203 Å². The largest absolute Gasteiger partial charge is 0.497 e. The number of sulfonamides is 1. The number of morpholine rings is 1. The summed E-state index contributed by atoms with van der Waals surface area (Å²) in [6, 6.07) is 19.3. The van der Waals surface area contributed by atoms with Gasteiger partial charge in [-0.3, -0.25) is 9.59 Å². The smallest absolute Gasteiger partial charge is 0.255 e. The SMILES string of the molecule is COc1ccc(NC(=O)c2ccc(NC(=O)c3cccc(S(=O)(=O)N4CCOCC4)c3)cc2)cc1. The molecule has 0 aliphatic carbocycles. The van der Waals surface area contributed by atoms with Crippen molar-refractivity contribution >= 4 is 33.2 Å². The van der Waals surface area contributed by atoms with E-state index in [2.05, 4.69) is 10.6 Å². The molecule has 1 aliphatic heterocycles. The molecule has 2 N–H and O–H groups in total. The Morgan fingerprint density at radius 2 is 1.40 bits per heavy atom. The van der Waals surface area contributed by atoms with Gasteiger partial charge in [-0.2, -0.15) is 4.31 Å². The van der Waals surface area contributed by atoms with Crippen LogP contribution in [0.3, 0.4) is 0 Å². The molecule has 10 heteroatoms. The minimum Gasteiger partial charge on any atom is -0.497 e. The normalized spacial score (nSPS) is 14.2. The van der Waals surface area contributed by atoms with Gasteiger partial charge in [0.2, 0.25) is 10.0 Å². The van der Waals surface area contributed by atoms with Crippen molar-refractivity contribution in [3.8, 4) is 5.75 Å². The third-order valence-corrected chi connectivity index (χ3v) is 7.35. The molecule has 2 amide bonds. The van der Waals surface area contributed by atoms with Crippen LogP contribution in [0.2, 0.25) is 0 Å². The Morgan fingerprint density at radius 3 is 2.00 bits per heavy atom. The van der Waals surface area contributed by atoms with E-state index in [0.717, 1.165) is 0 Å². The van der Waals surface area contributed by atoms with Crippen molar-refractivity contribution in [2.24, 2.45) is 0 Å². The average molecular weight is 496 g/mol. The summed E-state index contributed by atoms with van der Waals surface area (Å²) in [7, 11) is -2.15. The van der Waals surface area contributed by atoms with Gasteiger partial charge in [0.15, 0.2) is 0 Å². The van der Waals surface area contributed by atoms with Crippen LogP contribution in [0.25, 0.3) is 0 Å². The zero-order chi connectivity index (χ0) is 24.8. The lowest BCUT2D eigenvalue weighted by atomic mass is 10.1. The number of carbonyl (C=O) groups is 2. The molecule has 0 saturated carbocycles. The molecular weight excluding hydrogens is 470 g/mol. The van der Waals surface area contributed by atoms with Crippen molar-refractivity contribution < 1.29 is 27.5 Å². The van der Waals surface area contributed by atoms with Gasteiger partial charge in [0.05, 0.1) is 25.2 Å². The summed E-state index contributed by atoms with van der Waals surface area (Å²) >= 11 is 0. The van der Waals surface area contributed by atoms with Crippen LogP contribution < -0.4 is 15.4 Å². The molecule has 1 saturated heterocycles. The Bertz CT molecular complexity index is 1300. The number of anilines is 2. The van der Waals surface area contributed by atoms with E-state index in [9.17, 15) is 18.0 Å². The summed E-state index contributed by atoms with van der Waals surface area (Å²) in [5.41, 5.74) is 1.72. The second-order valence-corrected chi connectivity index (χ2v) is 9.70. The van der Waals surface area contributed by atoms with Crippen LogP contribution in [0.1, 0.15) is 20.7 Å². The number of methoxy groups -OCH3 is 1. The van der Waals surface area contributed by atoms with Gasteiger partial charge in [-0.05, 0) is 66.7 Å². The van der Waals surface area contributed by atoms with Crippen molar-refractivity contribution in [1.29, 1.82) is 0 Å². The molecule has 0 spiro atoms. The Morgan fingerprint density at radius 1 is 0.829 bits per heavy atom. The highest BCUT2D eigenvalue weighted by Gasteiger charge is 2.26. The minimum atomic E-state index is -3.71. The van der Waals surface area contributed by atoms with E-state index in [-0.39, 0.29) is 29.5 Å². The van der Waals surface area contributed by atoms with Crippen molar-refractivity contribution in [2.45, 2.75) is 4.90 Å². The van der Waals surface area contributed by atoms with Crippen LogP contribution in [-0.4, -0.2) is 58.0 Å². The maximum atomic E-state index is 12.9. The number of rotatable bonds is 7. The fourth-order valence-electron chi connectivity index (χ4n) is 3.52. The number of benzene rings is 3. The van der Waals surface area contributed by atoms with Gasteiger partial charge < -0.3 is 20.1 Å². The first-order chi connectivity index (χ1) is 16.9. The summed E-state index contributed by atoms with van der Waals surface area (Å²) < 4.78 is 37.4. The topological polar surface area (TPSA) is 114 Å². The number of ether oxygens (including phenoxy) is 2. The molecular formula is C25H25N3O6S. The molecule has 0 bridgehead atoms. The van der Waals surface area contributed by atoms with Crippen molar-refractivity contribution in [2.75, 3.05) is 44.0 Å². The highest BCUT2D eigenvalue weighted by atomic mass is 32.2. The van der Waals surface area contributed by atoms with Crippen molar-refractivity contribution in [3.05, 3.63) is 83.9 Å². The van der Waals surface area contributed by atoms with Crippen molar-refractivity contribution in [1.82, 2.24) is 4.31 Å². The van der Waals surface area contributed by atoms with Crippen LogP contribution in [0, 0.1) is 0 Å². The second-order valence-electron chi connectivity index (χ2n) is 7.76. The van der Waals surface area contributed by atoms with Crippen molar-refractivity contribution in [3.63, 3.8) is 0 Å². The lowest BCUT2D eigenvalue weighted by Crippen LogP contribution is -2.40. The molecule has 3 aromatic carbocycles. The molecule has 0 aromatic heterocycles. The Hall–Kier alpha value is -3.73. The molecule has 1 heterocycles. The zero-order valence-corrected chi connectivity index (χ0v) is 19.9. The first-order valence-corrected chi connectivity index (χ1v) is 12.4. The number of hydrogen-bond donors (Lipinski definition) is 2. The molecule has 35 heavy (non-hydrogen) atoms. The highest BCUT2D eigenvalue weighted by molar-refractivity contribution is 7.89. The van der Waals surface area contributed by atoms with E-state index in [1.807, 2.05) is 0 Å². The third kappa shape index (κ3) is 5.86. The predicted octanol–water partition coefficient (Wildman–Crippen LogP) is 3.22. The quantitative estimate of drug-likeness (QED) is 0.520. The monoisotopic (exact) mass is 495 g/mol. The van der Waals surface area contributed by atoms with E-state index < -0.39 is 15.9 Å². The Kier molecular flexibility index (Phi) is 7.45. The molecule has 9 nitrogen and oxygen atoms in total. The molecule has 0 atom stereocenters. The third-order valence-electron chi connectivity index (χ3n) is 5.46. The van der Waals surface area contributed by atoms with E-state index in [1.165, 1.54) is 22.5 Å². The maximum Gasteiger partial charge on any atom is 0.255 e. The van der Waals surface area contributed by atoms with E-state index in [4.69, 9.17) is 9.47 Å². The van der Waals surface area contributed by atoms with Crippen LogP contribution in [0.15, 0.2) is 77.7 Å². The number of carbonyl (C=O) groups excluding carboxylic acids is 2. The highest BCUT2D eigenvalue weighted by Crippen LogP contribution is 2.20. The van der Waals surface area contributed by atoms with E-state index in [0.29, 0.717) is 35.9 Å². The van der Waals surface area contributed by atoms with Gasteiger partial charge in [-0.25, -0.2) is 8.42 Å². The van der Waals surface area contributed by atoms with Crippen LogP contribution in [0.4, 0.5) is 11.4 Å². The lowest BCUT2D eigenvalue weighted by molar-refractivity contribution is 0.0730.